The molecular formula is C12H15NO. The minimum absolute atomic E-state index is 0.779. The molecule has 0 aliphatic rings. The Morgan fingerprint density at radius 3 is 3.00 bits per heavy atom. The van der Waals surface area contributed by atoms with E-state index < -0.39 is 0 Å². The molecule has 14 heavy (non-hydrogen) atoms. The summed E-state index contributed by atoms with van der Waals surface area (Å²) in [6.45, 7) is 2.88. The molecule has 0 unspecified atom stereocenters. The monoisotopic (exact) mass is 189 g/mol. The van der Waals surface area contributed by atoms with E-state index in [1.165, 1.54) is 22.0 Å². The molecule has 0 spiro atoms. The van der Waals surface area contributed by atoms with Crippen molar-refractivity contribution in [3.8, 4) is 0 Å². The van der Waals surface area contributed by atoms with Crippen molar-refractivity contribution in [2.45, 2.75) is 13.3 Å². The Kier molecular flexibility index (Phi) is 2.55. The van der Waals surface area contributed by atoms with Gasteiger partial charge in [-0.3, -0.25) is 0 Å². The molecule has 0 aliphatic heterocycles. The van der Waals surface area contributed by atoms with Crippen LogP contribution in [0.25, 0.3) is 10.9 Å². The van der Waals surface area contributed by atoms with Crippen LogP contribution in [0.2, 0.25) is 0 Å². The summed E-state index contributed by atoms with van der Waals surface area (Å²) in [5.41, 5.74) is 3.84. The van der Waals surface area contributed by atoms with E-state index >= 15 is 0 Å². The number of nitrogens with one attached hydrogen (secondary N) is 1. The van der Waals surface area contributed by atoms with Crippen molar-refractivity contribution in [1.82, 2.24) is 4.98 Å². The molecule has 0 saturated carbocycles. The highest BCUT2D eigenvalue weighted by molar-refractivity contribution is 5.83. The highest BCUT2D eigenvalue weighted by Crippen LogP contribution is 2.19. The SMILES string of the molecule is COCCc1c[nH]c2cc(C)ccc12. The van der Waals surface area contributed by atoms with Gasteiger partial charge in [-0.1, -0.05) is 12.1 Å². The van der Waals surface area contributed by atoms with Gasteiger partial charge >= 0.3 is 0 Å². The first-order valence-electron chi connectivity index (χ1n) is 4.87. The number of aryl methyl sites for hydroxylation is 1. The van der Waals surface area contributed by atoms with Crippen LogP contribution in [0, 0.1) is 6.92 Å². The zero-order valence-electron chi connectivity index (χ0n) is 8.63. The molecule has 0 aliphatic carbocycles. The summed E-state index contributed by atoms with van der Waals surface area (Å²) in [7, 11) is 1.74. The average Bonchev–Trinajstić information content (AvgIpc) is 2.57. The number of hydrogen-bond acceptors (Lipinski definition) is 1. The van der Waals surface area contributed by atoms with Crippen molar-refractivity contribution in [3.05, 3.63) is 35.5 Å². The molecule has 2 rings (SSSR count). The lowest BCUT2D eigenvalue weighted by Crippen LogP contribution is -1.92. The lowest BCUT2D eigenvalue weighted by molar-refractivity contribution is 0.202. The van der Waals surface area contributed by atoms with E-state index in [4.69, 9.17) is 4.74 Å². The van der Waals surface area contributed by atoms with Crippen LogP contribution in [0.5, 0.6) is 0 Å². The van der Waals surface area contributed by atoms with Crippen molar-refractivity contribution < 1.29 is 4.74 Å². The van der Waals surface area contributed by atoms with Crippen molar-refractivity contribution in [1.29, 1.82) is 0 Å². The van der Waals surface area contributed by atoms with Gasteiger partial charge in [0.25, 0.3) is 0 Å². The molecule has 1 N–H and O–H groups in total. The normalized spacial score (nSPS) is 11.0. The van der Waals surface area contributed by atoms with Crippen molar-refractivity contribution in [2.75, 3.05) is 13.7 Å². The lowest BCUT2D eigenvalue weighted by Gasteiger charge is -1.98. The zero-order chi connectivity index (χ0) is 9.97. The second-order valence-corrected chi connectivity index (χ2v) is 3.61. The van der Waals surface area contributed by atoms with Crippen LogP contribution in [0.4, 0.5) is 0 Å². The Hall–Kier alpha value is -1.28. The predicted octanol–water partition coefficient (Wildman–Crippen LogP) is 2.67. The van der Waals surface area contributed by atoms with Crippen LogP contribution in [0.3, 0.4) is 0 Å². The summed E-state index contributed by atoms with van der Waals surface area (Å²) < 4.78 is 5.07. The fourth-order valence-electron chi connectivity index (χ4n) is 1.72. The number of ether oxygens (including phenoxy) is 1. The first-order chi connectivity index (χ1) is 6.81. The molecule has 0 radical (unpaired) electrons. The van der Waals surface area contributed by atoms with Crippen molar-refractivity contribution >= 4 is 10.9 Å². The van der Waals surface area contributed by atoms with Gasteiger partial charge in [0, 0.05) is 24.2 Å². The average molecular weight is 189 g/mol. The first-order valence-corrected chi connectivity index (χ1v) is 4.87. The van der Waals surface area contributed by atoms with Crippen LogP contribution < -0.4 is 0 Å². The van der Waals surface area contributed by atoms with Crippen LogP contribution in [-0.4, -0.2) is 18.7 Å². The standard InChI is InChI=1S/C12H15NO/c1-9-3-4-11-10(5-6-14-2)8-13-12(11)7-9/h3-4,7-8,13H,5-6H2,1-2H3. The van der Waals surface area contributed by atoms with Crippen LogP contribution >= 0.6 is 0 Å². The van der Waals surface area contributed by atoms with Gasteiger partial charge in [0.05, 0.1) is 6.61 Å². The third-order valence-corrected chi connectivity index (χ3v) is 2.50. The van der Waals surface area contributed by atoms with Gasteiger partial charge in [-0.25, -0.2) is 0 Å². The third kappa shape index (κ3) is 1.66. The fraction of sp³-hybridized carbons (Fsp3) is 0.333. The maximum absolute atomic E-state index is 5.07. The number of aromatic nitrogens is 1. The van der Waals surface area contributed by atoms with E-state index in [9.17, 15) is 0 Å². The molecule has 2 aromatic rings. The molecule has 1 heterocycles. The number of benzene rings is 1. The number of methoxy groups -OCH3 is 1. The van der Waals surface area contributed by atoms with Gasteiger partial charge in [-0.05, 0) is 30.5 Å². The van der Waals surface area contributed by atoms with E-state index in [1.54, 1.807) is 7.11 Å². The minimum Gasteiger partial charge on any atom is -0.384 e. The van der Waals surface area contributed by atoms with Crippen molar-refractivity contribution in [3.63, 3.8) is 0 Å². The summed E-state index contributed by atoms with van der Waals surface area (Å²) in [6, 6.07) is 6.49. The van der Waals surface area contributed by atoms with Gasteiger partial charge in [-0.2, -0.15) is 0 Å². The molecule has 1 aromatic carbocycles. The van der Waals surface area contributed by atoms with E-state index in [0.717, 1.165) is 13.0 Å². The smallest absolute Gasteiger partial charge is 0.0503 e. The van der Waals surface area contributed by atoms with E-state index in [1.807, 2.05) is 0 Å². The van der Waals surface area contributed by atoms with Gasteiger partial charge < -0.3 is 9.72 Å². The van der Waals surface area contributed by atoms with E-state index in [2.05, 4.69) is 36.3 Å². The second kappa shape index (κ2) is 3.84. The summed E-state index contributed by atoms with van der Waals surface area (Å²) in [5, 5.41) is 1.31. The van der Waals surface area contributed by atoms with Crippen LogP contribution in [-0.2, 0) is 11.2 Å². The highest BCUT2D eigenvalue weighted by atomic mass is 16.5. The summed E-state index contributed by atoms with van der Waals surface area (Å²) >= 11 is 0. The second-order valence-electron chi connectivity index (χ2n) is 3.61. The lowest BCUT2D eigenvalue weighted by atomic mass is 10.1. The van der Waals surface area contributed by atoms with Gasteiger partial charge in [0.2, 0.25) is 0 Å². The molecule has 2 nitrogen and oxygen atoms in total. The highest BCUT2D eigenvalue weighted by Gasteiger charge is 2.02. The van der Waals surface area contributed by atoms with E-state index in [0.29, 0.717) is 0 Å². The van der Waals surface area contributed by atoms with Crippen molar-refractivity contribution in [2.24, 2.45) is 0 Å². The number of H-pyrrole nitrogens is 1. The molecule has 2 heteroatoms. The van der Waals surface area contributed by atoms with Crippen LogP contribution in [0.15, 0.2) is 24.4 Å². The Balaban J connectivity index is 2.37. The van der Waals surface area contributed by atoms with E-state index in [-0.39, 0.29) is 0 Å². The summed E-state index contributed by atoms with van der Waals surface area (Å²) in [5.74, 6) is 0. The van der Waals surface area contributed by atoms with Crippen LogP contribution in [0.1, 0.15) is 11.1 Å². The fourth-order valence-corrected chi connectivity index (χ4v) is 1.72. The largest absolute Gasteiger partial charge is 0.384 e. The Morgan fingerprint density at radius 1 is 1.36 bits per heavy atom. The number of fused-ring (bicyclic) bond motifs is 1. The quantitative estimate of drug-likeness (QED) is 0.789. The Bertz CT molecular complexity index is 431. The number of aromatic amines is 1. The molecule has 1 aromatic heterocycles. The maximum atomic E-state index is 5.07. The van der Waals surface area contributed by atoms with Gasteiger partial charge in [0.1, 0.15) is 0 Å². The maximum Gasteiger partial charge on any atom is 0.0503 e. The van der Waals surface area contributed by atoms with Gasteiger partial charge in [0.15, 0.2) is 0 Å². The molecule has 0 atom stereocenters. The summed E-state index contributed by atoms with van der Waals surface area (Å²) in [4.78, 5) is 3.28. The predicted molar refractivity (Wildman–Crippen MR) is 58.6 cm³/mol. The topological polar surface area (TPSA) is 25.0 Å². The molecule has 0 bridgehead atoms. The number of hydrogen-bond donors (Lipinski definition) is 1. The summed E-state index contributed by atoms with van der Waals surface area (Å²) in [6.07, 6.45) is 3.04. The van der Waals surface area contributed by atoms with Gasteiger partial charge in [-0.15, -0.1) is 0 Å². The molecule has 0 amide bonds. The Morgan fingerprint density at radius 2 is 2.21 bits per heavy atom. The molecule has 0 fully saturated rings. The molecule has 74 valence electrons. The first kappa shape index (κ1) is 9.28. The zero-order valence-corrected chi connectivity index (χ0v) is 8.63. The Labute approximate surface area is 83.9 Å². The minimum atomic E-state index is 0.779. The third-order valence-electron chi connectivity index (χ3n) is 2.50. The number of rotatable bonds is 3. The molecule has 0 saturated heterocycles. The molecular weight excluding hydrogens is 174 g/mol.